The van der Waals surface area contributed by atoms with Gasteiger partial charge in [-0.3, -0.25) is 14.4 Å². The highest BCUT2D eigenvalue weighted by atomic mass is 16.6. The Bertz CT molecular complexity index is 1270. The Labute approximate surface area is 454 Å². The van der Waals surface area contributed by atoms with Crippen molar-refractivity contribution in [3.8, 4) is 0 Å². The Morgan fingerprint density at radius 3 is 0.781 bits per heavy atom. The summed E-state index contributed by atoms with van der Waals surface area (Å²) in [6.07, 6.45) is 77.5. The molecular weight excluding hydrogens is 901 g/mol. The Morgan fingerprint density at radius 1 is 0.274 bits per heavy atom. The summed E-state index contributed by atoms with van der Waals surface area (Å²) in [5.41, 5.74) is 0. The summed E-state index contributed by atoms with van der Waals surface area (Å²) in [6, 6.07) is 0. The molecule has 0 saturated heterocycles. The van der Waals surface area contributed by atoms with Crippen LogP contribution in [0, 0.1) is 0 Å². The van der Waals surface area contributed by atoms with E-state index in [1.54, 1.807) is 0 Å². The van der Waals surface area contributed by atoms with Crippen LogP contribution in [0.5, 0.6) is 0 Å². The largest absolute Gasteiger partial charge is 0.462 e. The van der Waals surface area contributed by atoms with Gasteiger partial charge in [0.05, 0.1) is 0 Å². The maximum absolute atomic E-state index is 12.8. The first kappa shape index (κ1) is 70.4. The first-order chi connectivity index (χ1) is 36.0. The van der Waals surface area contributed by atoms with Crippen molar-refractivity contribution >= 4 is 17.9 Å². The molecule has 0 saturated carbocycles. The molecule has 1 atom stereocenters. The van der Waals surface area contributed by atoms with Crippen LogP contribution in [0.2, 0.25) is 0 Å². The van der Waals surface area contributed by atoms with Crippen molar-refractivity contribution in [1.82, 2.24) is 0 Å². The van der Waals surface area contributed by atoms with E-state index in [1.807, 2.05) is 0 Å². The van der Waals surface area contributed by atoms with Crippen LogP contribution in [0.4, 0.5) is 0 Å². The number of allylic oxidation sites excluding steroid dienone is 8. The molecule has 73 heavy (non-hydrogen) atoms. The van der Waals surface area contributed by atoms with E-state index >= 15 is 0 Å². The monoisotopic (exact) mass is 1020 g/mol. The summed E-state index contributed by atoms with van der Waals surface area (Å²) >= 11 is 0. The number of carbonyl (C=O) groups is 3. The van der Waals surface area contributed by atoms with Gasteiger partial charge < -0.3 is 14.2 Å². The third-order valence-electron chi connectivity index (χ3n) is 14.3. The molecule has 0 aliphatic heterocycles. The zero-order valence-electron chi connectivity index (χ0n) is 48.9. The highest BCUT2D eigenvalue weighted by Crippen LogP contribution is 2.17. The van der Waals surface area contributed by atoms with Crippen LogP contribution in [-0.4, -0.2) is 37.2 Å². The number of hydrogen-bond acceptors (Lipinski definition) is 6. The van der Waals surface area contributed by atoms with Gasteiger partial charge in [0.1, 0.15) is 13.2 Å². The molecule has 0 radical (unpaired) electrons. The Balaban J connectivity index is 3.94. The summed E-state index contributed by atoms with van der Waals surface area (Å²) in [6.45, 7) is 6.56. The number of esters is 3. The summed E-state index contributed by atoms with van der Waals surface area (Å²) in [5, 5.41) is 0. The highest BCUT2D eigenvalue weighted by molar-refractivity contribution is 5.71. The normalized spacial score (nSPS) is 12.3. The Kier molecular flexibility index (Phi) is 59.7. The van der Waals surface area contributed by atoms with Gasteiger partial charge in [0, 0.05) is 19.3 Å². The van der Waals surface area contributed by atoms with E-state index in [0.29, 0.717) is 19.3 Å². The van der Waals surface area contributed by atoms with Gasteiger partial charge in [-0.2, -0.15) is 0 Å². The number of carbonyl (C=O) groups excluding carboxylic acids is 3. The van der Waals surface area contributed by atoms with Crippen LogP contribution in [0.1, 0.15) is 342 Å². The van der Waals surface area contributed by atoms with Crippen LogP contribution in [-0.2, 0) is 28.6 Å². The Hall–Kier alpha value is -2.63. The molecule has 0 aliphatic carbocycles. The predicted octanol–water partition coefficient (Wildman–Crippen LogP) is 21.8. The first-order valence-electron chi connectivity index (χ1n) is 32.1. The maximum Gasteiger partial charge on any atom is 0.306 e. The summed E-state index contributed by atoms with van der Waals surface area (Å²) in [5.74, 6) is -0.873. The van der Waals surface area contributed by atoms with E-state index in [1.165, 1.54) is 225 Å². The van der Waals surface area contributed by atoms with Gasteiger partial charge in [0.25, 0.3) is 0 Å². The fraction of sp³-hybridized carbons (Fsp3) is 0.836. The van der Waals surface area contributed by atoms with Crippen LogP contribution < -0.4 is 0 Å². The molecule has 1 unspecified atom stereocenters. The van der Waals surface area contributed by atoms with E-state index in [9.17, 15) is 14.4 Å². The molecule has 426 valence electrons. The van der Waals surface area contributed by atoms with Crippen molar-refractivity contribution in [2.75, 3.05) is 13.2 Å². The fourth-order valence-corrected chi connectivity index (χ4v) is 9.45. The van der Waals surface area contributed by atoms with E-state index in [2.05, 4.69) is 69.4 Å². The van der Waals surface area contributed by atoms with Gasteiger partial charge in [-0.25, -0.2) is 0 Å². The van der Waals surface area contributed by atoms with Crippen molar-refractivity contribution in [2.24, 2.45) is 0 Å². The second-order valence-electron chi connectivity index (χ2n) is 21.7. The van der Waals surface area contributed by atoms with Gasteiger partial charge >= 0.3 is 17.9 Å². The molecule has 0 aromatic rings. The average molecular weight is 1020 g/mol. The fourth-order valence-electron chi connectivity index (χ4n) is 9.45. The topological polar surface area (TPSA) is 78.9 Å². The van der Waals surface area contributed by atoms with Crippen LogP contribution in [0.25, 0.3) is 0 Å². The summed E-state index contributed by atoms with van der Waals surface area (Å²) in [7, 11) is 0. The smallest absolute Gasteiger partial charge is 0.306 e. The SMILES string of the molecule is CCCCC/C=C\C/C=C\CCCCCCCCCCCC(=O)OC(COC(=O)CCCCCCC)COC(=O)CCCCCCCCCCCCCCCCCCCCC/C=C\C/C=C\CCCCCCC. The van der Waals surface area contributed by atoms with Crippen LogP contribution >= 0.6 is 0 Å². The van der Waals surface area contributed by atoms with Crippen LogP contribution in [0.3, 0.4) is 0 Å². The van der Waals surface area contributed by atoms with Gasteiger partial charge in [0.2, 0.25) is 0 Å². The third kappa shape index (κ3) is 60.1. The molecule has 6 heteroatoms. The highest BCUT2D eigenvalue weighted by Gasteiger charge is 2.19. The average Bonchev–Trinajstić information content (AvgIpc) is 3.39. The lowest BCUT2D eigenvalue weighted by Crippen LogP contribution is -2.30. The van der Waals surface area contributed by atoms with E-state index in [0.717, 1.165) is 77.0 Å². The van der Waals surface area contributed by atoms with E-state index in [4.69, 9.17) is 14.2 Å². The molecule has 0 fully saturated rings. The third-order valence-corrected chi connectivity index (χ3v) is 14.3. The lowest BCUT2D eigenvalue weighted by Gasteiger charge is -2.18. The molecule has 0 bridgehead atoms. The lowest BCUT2D eigenvalue weighted by molar-refractivity contribution is -0.167. The zero-order chi connectivity index (χ0) is 52.9. The standard InChI is InChI=1S/C67H122O6/c1-4-7-10-13-15-17-19-21-23-25-27-28-29-30-31-32-33-34-35-36-37-38-40-41-43-45-47-49-51-54-57-60-66(69)72-63-64(62-71-65(68)59-56-53-12-9-6-3)73-67(70)61-58-55-52-50-48-46-44-42-39-26-24-22-20-18-16-14-11-8-5-2/h16,18-19,21-22,24-25,27,64H,4-15,17,20,23,26,28-63H2,1-3H3/b18-16-,21-19-,24-22-,27-25-. The van der Waals surface area contributed by atoms with Crippen molar-refractivity contribution in [1.29, 1.82) is 0 Å². The number of unbranched alkanes of at least 4 members (excludes halogenated alkanes) is 40. The summed E-state index contributed by atoms with van der Waals surface area (Å²) in [4.78, 5) is 37.9. The second kappa shape index (κ2) is 61.9. The van der Waals surface area contributed by atoms with E-state index < -0.39 is 6.10 Å². The molecule has 0 amide bonds. The number of hydrogen-bond donors (Lipinski definition) is 0. The molecule has 0 heterocycles. The van der Waals surface area contributed by atoms with Crippen molar-refractivity contribution < 1.29 is 28.6 Å². The minimum atomic E-state index is -0.770. The van der Waals surface area contributed by atoms with Crippen molar-refractivity contribution in [2.45, 2.75) is 348 Å². The van der Waals surface area contributed by atoms with E-state index in [-0.39, 0.29) is 31.1 Å². The Morgan fingerprint density at radius 2 is 0.493 bits per heavy atom. The minimum absolute atomic E-state index is 0.0714. The molecule has 0 aliphatic rings. The molecular formula is C67H122O6. The molecule has 0 N–H and O–H groups in total. The van der Waals surface area contributed by atoms with Crippen molar-refractivity contribution in [3.05, 3.63) is 48.6 Å². The van der Waals surface area contributed by atoms with Gasteiger partial charge in [-0.15, -0.1) is 0 Å². The van der Waals surface area contributed by atoms with Gasteiger partial charge in [0.15, 0.2) is 6.10 Å². The zero-order valence-corrected chi connectivity index (χ0v) is 48.9. The molecule has 0 rings (SSSR count). The first-order valence-corrected chi connectivity index (χ1v) is 32.1. The van der Waals surface area contributed by atoms with Crippen molar-refractivity contribution in [3.63, 3.8) is 0 Å². The molecule has 6 nitrogen and oxygen atoms in total. The minimum Gasteiger partial charge on any atom is -0.462 e. The molecule has 0 spiro atoms. The second-order valence-corrected chi connectivity index (χ2v) is 21.7. The van der Waals surface area contributed by atoms with Crippen LogP contribution in [0.15, 0.2) is 48.6 Å². The maximum atomic E-state index is 12.8. The quantitative estimate of drug-likeness (QED) is 0.0261. The number of rotatable bonds is 59. The van der Waals surface area contributed by atoms with Gasteiger partial charge in [-0.1, -0.05) is 288 Å². The predicted molar refractivity (Wildman–Crippen MR) is 316 cm³/mol. The molecule has 0 aromatic carbocycles. The van der Waals surface area contributed by atoms with Gasteiger partial charge in [-0.05, 0) is 83.5 Å². The number of ether oxygens (including phenoxy) is 3. The lowest BCUT2D eigenvalue weighted by atomic mass is 10.0. The summed E-state index contributed by atoms with van der Waals surface area (Å²) < 4.78 is 16.8. The molecule has 0 aromatic heterocycles.